The van der Waals surface area contributed by atoms with E-state index in [0.29, 0.717) is 0 Å². The minimum Gasteiger partial charge on any atom is -0.0651 e. The van der Waals surface area contributed by atoms with Crippen molar-refractivity contribution in [3.63, 3.8) is 0 Å². The van der Waals surface area contributed by atoms with E-state index in [4.69, 9.17) is 0 Å². The van der Waals surface area contributed by atoms with Gasteiger partial charge in [0.25, 0.3) is 0 Å². The molecule has 0 aromatic carbocycles. The lowest BCUT2D eigenvalue weighted by atomic mass is 9.81. The summed E-state index contributed by atoms with van der Waals surface area (Å²) in [5.41, 5.74) is 0. The van der Waals surface area contributed by atoms with Crippen LogP contribution in [-0.4, -0.2) is 0 Å². The normalized spacial score (nSPS) is 36.3. The molecule has 0 spiro atoms. The Morgan fingerprint density at radius 1 is 0.565 bits per heavy atom. The van der Waals surface area contributed by atoms with E-state index in [1.54, 1.807) is 25.7 Å². The van der Waals surface area contributed by atoms with Crippen molar-refractivity contribution in [3.8, 4) is 0 Å². The Labute approximate surface area is 147 Å². The summed E-state index contributed by atoms with van der Waals surface area (Å²) in [5, 5.41) is 0. The maximum Gasteiger partial charge on any atom is -0.0383 e. The van der Waals surface area contributed by atoms with Gasteiger partial charge in [-0.3, -0.25) is 0 Å². The molecule has 4 unspecified atom stereocenters. The van der Waals surface area contributed by atoms with Crippen LogP contribution >= 0.6 is 0 Å². The lowest BCUT2D eigenvalue weighted by Crippen LogP contribution is -2.13. The molecule has 23 heavy (non-hydrogen) atoms. The van der Waals surface area contributed by atoms with Crippen LogP contribution in [0.15, 0.2) is 0 Å². The van der Waals surface area contributed by atoms with Crippen molar-refractivity contribution in [2.45, 2.75) is 123 Å². The molecule has 2 aliphatic rings. The van der Waals surface area contributed by atoms with Crippen LogP contribution in [0, 0.1) is 23.7 Å². The fourth-order valence-corrected chi connectivity index (χ4v) is 5.42. The molecule has 136 valence electrons. The largest absolute Gasteiger partial charge is 0.0651 e. The minimum absolute atomic E-state index is 1.01. The highest BCUT2D eigenvalue weighted by Gasteiger charge is 2.28. The summed E-state index contributed by atoms with van der Waals surface area (Å²) in [6, 6.07) is 0. The van der Waals surface area contributed by atoms with Gasteiger partial charge < -0.3 is 0 Å². The summed E-state index contributed by atoms with van der Waals surface area (Å²) in [7, 11) is 0. The maximum absolute atomic E-state index is 2.49. The van der Waals surface area contributed by atoms with Crippen LogP contribution in [-0.2, 0) is 0 Å². The minimum atomic E-state index is 1.01. The van der Waals surface area contributed by atoms with E-state index in [0.717, 1.165) is 23.7 Å². The molecule has 2 rings (SSSR count). The molecule has 2 aliphatic carbocycles. The first-order valence-electron chi connectivity index (χ1n) is 11.3. The van der Waals surface area contributed by atoms with E-state index < -0.39 is 0 Å². The third kappa shape index (κ3) is 7.61. The van der Waals surface area contributed by atoms with Gasteiger partial charge in [0.1, 0.15) is 0 Å². The van der Waals surface area contributed by atoms with Gasteiger partial charge in [-0.2, -0.15) is 0 Å². The molecule has 0 N–H and O–H groups in total. The number of hydrogen-bond donors (Lipinski definition) is 0. The second-order valence-corrected chi connectivity index (χ2v) is 9.05. The van der Waals surface area contributed by atoms with E-state index in [2.05, 4.69) is 13.8 Å². The van der Waals surface area contributed by atoms with Gasteiger partial charge in [0, 0.05) is 0 Å². The van der Waals surface area contributed by atoms with Crippen molar-refractivity contribution in [1.29, 1.82) is 0 Å². The topological polar surface area (TPSA) is 0 Å². The Bertz CT molecular complexity index is 282. The van der Waals surface area contributed by atoms with E-state index >= 15 is 0 Å². The Morgan fingerprint density at radius 3 is 1.74 bits per heavy atom. The molecular formula is C23H44. The highest BCUT2D eigenvalue weighted by molar-refractivity contribution is 4.79. The molecule has 0 aromatic rings. The highest BCUT2D eigenvalue weighted by Crippen LogP contribution is 2.40. The molecule has 0 bridgehead atoms. The fraction of sp³-hybridized carbons (Fsp3) is 1.00. The predicted octanol–water partition coefficient (Wildman–Crippen LogP) is 8.15. The second-order valence-electron chi connectivity index (χ2n) is 9.05. The molecule has 0 heteroatoms. The molecule has 0 nitrogen and oxygen atoms in total. The molecule has 0 aromatic heterocycles. The Balaban J connectivity index is 1.82. The molecule has 2 saturated carbocycles. The van der Waals surface area contributed by atoms with Crippen LogP contribution in [0.1, 0.15) is 123 Å². The molecule has 0 saturated heterocycles. The van der Waals surface area contributed by atoms with Crippen LogP contribution in [0.3, 0.4) is 0 Å². The quantitative estimate of drug-likeness (QED) is 0.481. The van der Waals surface area contributed by atoms with Gasteiger partial charge >= 0.3 is 0 Å². The summed E-state index contributed by atoms with van der Waals surface area (Å²) in [5.74, 6) is 4.20. The first-order valence-corrected chi connectivity index (χ1v) is 11.3. The zero-order chi connectivity index (χ0) is 16.3. The number of rotatable bonds is 2. The predicted molar refractivity (Wildman–Crippen MR) is 104 cm³/mol. The zero-order valence-corrected chi connectivity index (χ0v) is 16.3. The molecule has 0 amide bonds. The lowest BCUT2D eigenvalue weighted by Gasteiger charge is -2.25. The van der Waals surface area contributed by atoms with Gasteiger partial charge in [-0.15, -0.1) is 0 Å². The van der Waals surface area contributed by atoms with Crippen LogP contribution in [0.4, 0.5) is 0 Å². The smallest absolute Gasteiger partial charge is 0.0383 e. The Morgan fingerprint density at radius 2 is 1.13 bits per heavy atom. The standard InChI is InChI=1S/C23H44/c1-3-21-13-10-8-6-4-5-7-9-11-15-22(16-12-14-21)23-18-17-20(2)19-23/h20-23H,3-19H2,1-2H3. The van der Waals surface area contributed by atoms with Crippen molar-refractivity contribution in [1.82, 2.24) is 0 Å². The van der Waals surface area contributed by atoms with Crippen LogP contribution in [0.5, 0.6) is 0 Å². The average Bonchev–Trinajstić information content (AvgIpc) is 2.98. The van der Waals surface area contributed by atoms with Gasteiger partial charge in [0.2, 0.25) is 0 Å². The van der Waals surface area contributed by atoms with Crippen molar-refractivity contribution in [2.24, 2.45) is 23.7 Å². The summed E-state index contributed by atoms with van der Waals surface area (Å²) in [6.07, 6.45) is 25.7. The third-order valence-electron chi connectivity index (χ3n) is 7.10. The van der Waals surface area contributed by atoms with Gasteiger partial charge in [0.15, 0.2) is 0 Å². The third-order valence-corrected chi connectivity index (χ3v) is 7.10. The van der Waals surface area contributed by atoms with E-state index in [1.807, 2.05) is 0 Å². The molecule has 2 fully saturated rings. The number of hydrogen-bond acceptors (Lipinski definition) is 0. The van der Waals surface area contributed by atoms with E-state index in [1.165, 1.54) is 83.5 Å². The maximum atomic E-state index is 2.49. The first-order chi connectivity index (χ1) is 11.3. The van der Waals surface area contributed by atoms with Gasteiger partial charge in [-0.25, -0.2) is 0 Å². The molecule has 0 aliphatic heterocycles. The van der Waals surface area contributed by atoms with E-state index in [-0.39, 0.29) is 0 Å². The SMILES string of the molecule is CCC1CCCCCCCCCCC(C2CCC(C)C2)CCC1. The van der Waals surface area contributed by atoms with Crippen molar-refractivity contribution in [2.75, 3.05) is 0 Å². The highest BCUT2D eigenvalue weighted by atomic mass is 14.3. The fourth-order valence-electron chi connectivity index (χ4n) is 5.42. The van der Waals surface area contributed by atoms with Crippen molar-refractivity contribution >= 4 is 0 Å². The molecule has 0 radical (unpaired) electrons. The summed E-state index contributed by atoms with van der Waals surface area (Å²) < 4.78 is 0. The van der Waals surface area contributed by atoms with Gasteiger partial charge in [0.05, 0.1) is 0 Å². The van der Waals surface area contributed by atoms with Crippen molar-refractivity contribution in [3.05, 3.63) is 0 Å². The Kier molecular flexibility index (Phi) is 9.69. The average molecular weight is 321 g/mol. The first kappa shape index (κ1) is 19.3. The summed E-state index contributed by atoms with van der Waals surface area (Å²) in [6.45, 7) is 4.91. The summed E-state index contributed by atoms with van der Waals surface area (Å²) in [4.78, 5) is 0. The zero-order valence-electron chi connectivity index (χ0n) is 16.3. The second kappa shape index (κ2) is 11.5. The summed E-state index contributed by atoms with van der Waals surface area (Å²) >= 11 is 0. The van der Waals surface area contributed by atoms with E-state index in [9.17, 15) is 0 Å². The van der Waals surface area contributed by atoms with Crippen LogP contribution in [0.2, 0.25) is 0 Å². The van der Waals surface area contributed by atoms with Gasteiger partial charge in [-0.05, 0) is 36.5 Å². The van der Waals surface area contributed by atoms with Crippen molar-refractivity contribution < 1.29 is 0 Å². The lowest BCUT2D eigenvalue weighted by molar-refractivity contribution is 0.267. The molecular weight excluding hydrogens is 276 g/mol. The molecule has 4 atom stereocenters. The van der Waals surface area contributed by atoms with Crippen LogP contribution < -0.4 is 0 Å². The van der Waals surface area contributed by atoms with Crippen LogP contribution in [0.25, 0.3) is 0 Å². The Hall–Kier alpha value is 0. The monoisotopic (exact) mass is 320 g/mol. The van der Waals surface area contributed by atoms with Gasteiger partial charge in [-0.1, -0.05) is 110 Å². The molecule has 0 heterocycles.